The first-order chi connectivity index (χ1) is 6.93. The van der Waals surface area contributed by atoms with Crippen molar-refractivity contribution in [2.24, 2.45) is 0 Å². The van der Waals surface area contributed by atoms with E-state index in [9.17, 15) is 18.0 Å². The Morgan fingerprint density at radius 2 is 2.07 bits per heavy atom. The van der Waals surface area contributed by atoms with Crippen molar-refractivity contribution in [2.75, 3.05) is 0 Å². The number of ether oxygens (including phenoxy) is 1. The van der Waals surface area contributed by atoms with Gasteiger partial charge in [-0.3, -0.25) is 4.79 Å². The Labute approximate surface area is 97.6 Å². The second-order valence-corrected chi connectivity index (χ2v) is 3.75. The number of Topliss-reactive ketones (excluding diaryl/α,β-unsaturated/α-hetero) is 1. The van der Waals surface area contributed by atoms with Crippen LogP contribution in [0.3, 0.4) is 0 Å². The minimum atomic E-state index is -3.08. The molecular formula is C9H6F3IO2. The molecule has 0 saturated carbocycles. The summed E-state index contributed by atoms with van der Waals surface area (Å²) in [7, 11) is 0. The van der Waals surface area contributed by atoms with Crippen molar-refractivity contribution in [3.63, 3.8) is 0 Å². The van der Waals surface area contributed by atoms with Gasteiger partial charge < -0.3 is 4.74 Å². The molecule has 6 heteroatoms. The number of carbonyl (C=O) groups excluding carboxylic acids is 1. The number of hydrogen-bond acceptors (Lipinski definition) is 2. The molecule has 0 fully saturated rings. The molecule has 82 valence electrons. The van der Waals surface area contributed by atoms with Crippen LogP contribution in [-0.4, -0.2) is 12.4 Å². The van der Waals surface area contributed by atoms with E-state index < -0.39 is 24.0 Å². The van der Waals surface area contributed by atoms with Crippen LogP contribution in [0, 0.1) is 9.39 Å². The first kappa shape index (κ1) is 12.3. The van der Waals surface area contributed by atoms with Crippen LogP contribution in [-0.2, 0) is 0 Å². The van der Waals surface area contributed by atoms with Crippen molar-refractivity contribution in [1.29, 1.82) is 0 Å². The molecule has 0 N–H and O–H groups in total. The van der Waals surface area contributed by atoms with Gasteiger partial charge in [0, 0.05) is 0 Å². The highest BCUT2D eigenvalue weighted by Gasteiger charge is 2.18. The highest BCUT2D eigenvalue weighted by atomic mass is 127. The summed E-state index contributed by atoms with van der Waals surface area (Å²) >= 11 is 1.51. The van der Waals surface area contributed by atoms with E-state index >= 15 is 0 Å². The van der Waals surface area contributed by atoms with E-state index in [0.717, 1.165) is 12.1 Å². The van der Waals surface area contributed by atoms with Crippen LogP contribution in [0.5, 0.6) is 5.75 Å². The summed E-state index contributed by atoms with van der Waals surface area (Å²) in [5, 5.41) is 0. The first-order valence-corrected chi connectivity index (χ1v) is 4.95. The highest BCUT2D eigenvalue weighted by molar-refractivity contribution is 14.1. The molecule has 0 atom stereocenters. The number of hydrogen-bond donors (Lipinski definition) is 0. The highest BCUT2D eigenvalue weighted by Crippen LogP contribution is 2.29. The zero-order valence-corrected chi connectivity index (χ0v) is 9.72. The van der Waals surface area contributed by atoms with Gasteiger partial charge in [0.15, 0.2) is 11.5 Å². The quantitative estimate of drug-likeness (QED) is 0.628. The van der Waals surface area contributed by atoms with Crippen LogP contribution in [0.2, 0.25) is 0 Å². The predicted molar refractivity (Wildman–Crippen MR) is 55.8 cm³/mol. The van der Waals surface area contributed by atoms with Crippen molar-refractivity contribution in [3.8, 4) is 5.75 Å². The van der Waals surface area contributed by atoms with Crippen LogP contribution in [0.25, 0.3) is 0 Å². The van der Waals surface area contributed by atoms with Gasteiger partial charge in [0.2, 0.25) is 0 Å². The van der Waals surface area contributed by atoms with E-state index in [1.54, 1.807) is 0 Å². The van der Waals surface area contributed by atoms with Crippen molar-refractivity contribution in [3.05, 3.63) is 27.1 Å². The lowest BCUT2D eigenvalue weighted by Gasteiger charge is -2.10. The van der Waals surface area contributed by atoms with E-state index in [4.69, 9.17) is 0 Å². The Balaban J connectivity index is 3.28. The van der Waals surface area contributed by atoms with Gasteiger partial charge in [0.25, 0.3) is 0 Å². The minimum Gasteiger partial charge on any atom is -0.433 e. The van der Waals surface area contributed by atoms with Gasteiger partial charge in [-0.05, 0) is 41.6 Å². The van der Waals surface area contributed by atoms with Crippen LogP contribution in [0.4, 0.5) is 13.2 Å². The average Bonchev–Trinajstić information content (AvgIpc) is 2.12. The van der Waals surface area contributed by atoms with Gasteiger partial charge in [0.05, 0.1) is 9.13 Å². The molecule has 0 unspecified atom stereocenters. The van der Waals surface area contributed by atoms with Crippen LogP contribution < -0.4 is 4.74 Å². The molecule has 0 amide bonds. The number of carbonyl (C=O) groups is 1. The lowest BCUT2D eigenvalue weighted by Crippen LogP contribution is -2.09. The molecule has 0 aliphatic heterocycles. The Hall–Kier alpha value is -0.790. The van der Waals surface area contributed by atoms with Crippen LogP contribution in [0.1, 0.15) is 17.3 Å². The predicted octanol–water partition coefficient (Wildman–Crippen LogP) is 3.23. The molecule has 1 rings (SSSR count). The maximum atomic E-state index is 13.0. The second-order valence-electron chi connectivity index (χ2n) is 2.67. The molecule has 2 nitrogen and oxygen atoms in total. The number of rotatable bonds is 3. The van der Waals surface area contributed by atoms with E-state index in [0.29, 0.717) is 0 Å². The fourth-order valence-corrected chi connectivity index (χ4v) is 1.61. The second kappa shape index (κ2) is 4.82. The largest absolute Gasteiger partial charge is 0.433 e. The molecule has 0 saturated heterocycles. The topological polar surface area (TPSA) is 26.3 Å². The number of alkyl halides is 2. The molecule has 15 heavy (non-hydrogen) atoms. The summed E-state index contributed by atoms with van der Waals surface area (Å²) in [4.78, 5) is 11.1. The Bertz CT molecular complexity index is 393. The number of halogens is 4. The summed E-state index contributed by atoms with van der Waals surface area (Å²) in [6.45, 7) is -1.89. The average molecular weight is 330 g/mol. The van der Waals surface area contributed by atoms with Crippen molar-refractivity contribution in [2.45, 2.75) is 13.5 Å². The Morgan fingerprint density at radius 1 is 1.47 bits per heavy atom. The normalized spacial score (nSPS) is 10.5. The molecule has 0 radical (unpaired) electrons. The fraction of sp³-hybridized carbons (Fsp3) is 0.222. The lowest BCUT2D eigenvalue weighted by atomic mass is 10.1. The number of ketones is 1. The van der Waals surface area contributed by atoms with Gasteiger partial charge in [-0.1, -0.05) is 0 Å². The van der Waals surface area contributed by atoms with Crippen molar-refractivity contribution < 1.29 is 22.7 Å². The molecule has 0 aliphatic rings. The third-order valence-corrected chi connectivity index (χ3v) is 2.64. The number of benzene rings is 1. The van der Waals surface area contributed by atoms with Gasteiger partial charge >= 0.3 is 6.61 Å². The summed E-state index contributed by atoms with van der Waals surface area (Å²) < 4.78 is 41.1. The molecular weight excluding hydrogens is 324 g/mol. The van der Waals surface area contributed by atoms with E-state index in [1.807, 2.05) is 0 Å². The zero-order chi connectivity index (χ0) is 11.6. The van der Waals surface area contributed by atoms with Gasteiger partial charge in [-0.15, -0.1) is 0 Å². The summed E-state index contributed by atoms with van der Waals surface area (Å²) in [5.41, 5.74) is -0.0545. The molecule has 0 aromatic heterocycles. The van der Waals surface area contributed by atoms with E-state index in [2.05, 4.69) is 4.74 Å². The summed E-state index contributed by atoms with van der Waals surface area (Å²) in [6.07, 6.45) is 0. The van der Waals surface area contributed by atoms with Crippen LogP contribution >= 0.6 is 22.6 Å². The monoisotopic (exact) mass is 330 g/mol. The molecule has 0 heterocycles. The Morgan fingerprint density at radius 3 is 2.53 bits per heavy atom. The standard InChI is InChI=1S/C9H6F3IO2/c1-4(14)5-2-3-6(10)7(13)8(5)15-9(11)12/h2-3,9H,1H3. The van der Waals surface area contributed by atoms with Gasteiger partial charge in [-0.2, -0.15) is 8.78 Å². The molecule has 0 spiro atoms. The van der Waals surface area contributed by atoms with Crippen molar-refractivity contribution in [1.82, 2.24) is 0 Å². The summed E-state index contributed by atoms with van der Waals surface area (Å²) in [6, 6.07) is 2.16. The maximum absolute atomic E-state index is 13.0. The molecule has 1 aromatic rings. The van der Waals surface area contributed by atoms with Gasteiger partial charge in [0.1, 0.15) is 5.82 Å². The SMILES string of the molecule is CC(=O)c1ccc(F)c(I)c1OC(F)F. The molecule has 0 aliphatic carbocycles. The molecule has 1 aromatic carbocycles. The Kier molecular flexibility index (Phi) is 3.95. The minimum absolute atomic E-state index is 0.0545. The van der Waals surface area contributed by atoms with E-state index in [-0.39, 0.29) is 9.13 Å². The smallest absolute Gasteiger partial charge is 0.387 e. The maximum Gasteiger partial charge on any atom is 0.387 e. The molecule has 0 bridgehead atoms. The van der Waals surface area contributed by atoms with E-state index in [1.165, 1.54) is 29.5 Å². The lowest BCUT2D eigenvalue weighted by molar-refractivity contribution is -0.0509. The van der Waals surface area contributed by atoms with Gasteiger partial charge in [-0.25, -0.2) is 4.39 Å². The van der Waals surface area contributed by atoms with Crippen LogP contribution in [0.15, 0.2) is 12.1 Å². The summed E-state index contributed by atoms with van der Waals surface area (Å²) in [5.74, 6) is -1.56. The fourth-order valence-electron chi connectivity index (χ4n) is 1.01. The third kappa shape index (κ3) is 2.83. The first-order valence-electron chi connectivity index (χ1n) is 3.87. The zero-order valence-electron chi connectivity index (χ0n) is 7.56. The van der Waals surface area contributed by atoms with Crippen molar-refractivity contribution >= 4 is 28.4 Å². The third-order valence-electron chi connectivity index (χ3n) is 1.64.